The number of hydrogen-bond acceptors (Lipinski definition) is 3. The molecule has 4 rings (SSSR count). The minimum absolute atomic E-state index is 0.204. The van der Waals surface area contributed by atoms with Gasteiger partial charge < -0.3 is 9.88 Å². The maximum Gasteiger partial charge on any atom is 0.156 e. The fraction of sp³-hybridized carbons (Fsp3) is 0.333. The third-order valence-electron chi connectivity index (χ3n) is 4.44. The number of anilines is 1. The fourth-order valence-electron chi connectivity index (χ4n) is 3.29. The predicted molar refractivity (Wildman–Crippen MR) is 90.0 cm³/mol. The Morgan fingerprint density at radius 2 is 1.83 bits per heavy atom. The number of nitrogens with zero attached hydrogens (tertiary/aromatic N) is 3. The van der Waals surface area contributed by atoms with Crippen LogP contribution >= 0.6 is 0 Å². The minimum atomic E-state index is -0.469. The Kier molecular flexibility index (Phi) is 3.67. The summed E-state index contributed by atoms with van der Waals surface area (Å²) in [5.74, 6) is 0.587. The van der Waals surface area contributed by atoms with Gasteiger partial charge in [0.25, 0.3) is 0 Å². The minimum Gasteiger partial charge on any atom is -0.355 e. The average Bonchev–Trinajstić information content (AvgIpc) is 3.00. The van der Waals surface area contributed by atoms with Crippen molar-refractivity contribution in [3.05, 3.63) is 41.7 Å². The van der Waals surface area contributed by atoms with Crippen molar-refractivity contribution in [3.8, 4) is 11.3 Å². The topological polar surface area (TPSA) is 44.8 Å². The van der Waals surface area contributed by atoms with E-state index in [-0.39, 0.29) is 5.56 Å². The molecule has 1 fully saturated rings. The summed E-state index contributed by atoms with van der Waals surface area (Å²) in [6.07, 6.45) is 3.50. The van der Waals surface area contributed by atoms with E-state index in [0.29, 0.717) is 11.5 Å². The van der Waals surface area contributed by atoms with Gasteiger partial charge in [-0.2, -0.15) is 0 Å². The van der Waals surface area contributed by atoms with Gasteiger partial charge in [-0.25, -0.2) is 18.7 Å². The zero-order valence-electron chi connectivity index (χ0n) is 13.4. The van der Waals surface area contributed by atoms with E-state index in [4.69, 9.17) is 0 Å². The van der Waals surface area contributed by atoms with Gasteiger partial charge in [0.1, 0.15) is 23.0 Å². The molecule has 1 N–H and O–H groups in total. The number of hydrogen-bond donors (Lipinski definition) is 1. The van der Waals surface area contributed by atoms with E-state index >= 15 is 0 Å². The Morgan fingerprint density at radius 3 is 2.62 bits per heavy atom. The molecule has 1 aliphatic rings. The van der Waals surface area contributed by atoms with E-state index in [1.54, 1.807) is 6.07 Å². The van der Waals surface area contributed by atoms with Gasteiger partial charge in [0.15, 0.2) is 5.82 Å². The molecule has 0 unspecified atom stereocenters. The molecular formula is C18H18F2N4. The standard InChI is InChI=1S/C18H18F2N4/c1-11-21-16-10-15(13-9-12(19)5-6-14(13)20)23-17(16)18(22-11)24-7-3-2-4-8-24/h5-6,9-10,23H,2-4,7-8H2,1H3. The van der Waals surface area contributed by atoms with Gasteiger partial charge in [0.2, 0.25) is 0 Å². The zero-order chi connectivity index (χ0) is 16.7. The zero-order valence-corrected chi connectivity index (χ0v) is 13.4. The lowest BCUT2D eigenvalue weighted by atomic mass is 10.1. The first-order chi connectivity index (χ1) is 11.6. The van der Waals surface area contributed by atoms with Crippen LogP contribution in [0.4, 0.5) is 14.6 Å². The Morgan fingerprint density at radius 1 is 1.04 bits per heavy atom. The number of benzene rings is 1. The quantitative estimate of drug-likeness (QED) is 0.767. The van der Waals surface area contributed by atoms with E-state index in [1.165, 1.54) is 12.5 Å². The maximum atomic E-state index is 14.1. The number of aromatic nitrogens is 3. The third kappa shape index (κ3) is 2.62. The number of H-pyrrole nitrogens is 1. The fourth-order valence-corrected chi connectivity index (χ4v) is 3.29. The van der Waals surface area contributed by atoms with E-state index in [0.717, 1.165) is 54.9 Å². The summed E-state index contributed by atoms with van der Waals surface area (Å²) >= 11 is 0. The Labute approximate surface area is 138 Å². The summed E-state index contributed by atoms with van der Waals surface area (Å²) in [6, 6.07) is 5.21. The van der Waals surface area contributed by atoms with Gasteiger partial charge in [0, 0.05) is 18.7 Å². The molecule has 1 saturated heterocycles. The molecule has 1 aromatic carbocycles. The smallest absolute Gasteiger partial charge is 0.156 e. The number of fused-ring (bicyclic) bond motifs is 1. The number of aromatic amines is 1. The molecule has 0 bridgehead atoms. The normalized spacial score (nSPS) is 15.2. The number of halogens is 2. The molecule has 0 saturated carbocycles. The van der Waals surface area contributed by atoms with Crippen molar-refractivity contribution in [3.63, 3.8) is 0 Å². The summed E-state index contributed by atoms with van der Waals surface area (Å²) in [7, 11) is 0. The van der Waals surface area contributed by atoms with Crippen LogP contribution in [0.15, 0.2) is 24.3 Å². The molecule has 3 heterocycles. The molecule has 3 aromatic rings. The largest absolute Gasteiger partial charge is 0.355 e. The van der Waals surface area contributed by atoms with Crippen molar-refractivity contribution >= 4 is 16.9 Å². The second kappa shape index (κ2) is 5.85. The first-order valence-electron chi connectivity index (χ1n) is 8.19. The van der Waals surface area contributed by atoms with Crippen molar-refractivity contribution in [2.75, 3.05) is 18.0 Å². The second-order valence-electron chi connectivity index (χ2n) is 6.21. The molecule has 0 atom stereocenters. The Balaban J connectivity index is 1.87. The number of aryl methyl sites for hydroxylation is 1. The highest BCUT2D eigenvalue weighted by Crippen LogP contribution is 2.31. The maximum absolute atomic E-state index is 14.1. The third-order valence-corrected chi connectivity index (χ3v) is 4.44. The van der Waals surface area contributed by atoms with Crippen LogP contribution in [-0.2, 0) is 0 Å². The first kappa shape index (κ1) is 15.1. The van der Waals surface area contributed by atoms with Crippen LogP contribution in [0.2, 0.25) is 0 Å². The number of rotatable bonds is 2. The van der Waals surface area contributed by atoms with Crippen molar-refractivity contribution < 1.29 is 8.78 Å². The van der Waals surface area contributed by atoms with E-state index in [2.05, 4.69) is 19.9 Å². The molecule has 0 spiro atoms. The van der Waals surface area contributed by atoms with Crippen LogP contribution in [0.1, 0.15) is 25.1 Å². The highest BCUT2D eigenvalue weighted by molar-refractivity contribution is 5.91. The van der Waals surface area contributed by atoms with Crippen LogP contribution in [0.5, 0.6) is 0 Å². The van der Waals surface area contributed by atoms with E-state index < -0.39 is 11.6 Å². The van der Waals surface area contributed by atoms with Crippen molar-refractivity contribution in [1.82, 2.24) is 15.0 Å². The van der Waals surface area contributed by atoms with Crippen molar-refractivity contribution in [2.24, 2.45) is 0 Å². The van der Waals surface area contributed by atoms with Gasteiger partial charge >= 0.3 is 0 Å². The molecular weight excluding hydrogens is 310 g/mol. The Hall–Kier alpha value is -2.50. The molecule has 0 amide bonds. The van der Waals surface area contributed by atoms with Crippen LogP contribution in [0, 0.1) is 18.6 Å². The average molecular weight is 328 g/mol. The lowest BCUT2D eigenvalue weighted by molar-refractivity contribution is 0.574. The van der Waals surface area contributed by atoms with Crippen LogP contribution in [0.25, 0.3) is 22.3 Å². The first-order valence-corrected chi connectivity index (χ1v) is 8.19. The molecule has 2 aromatic heterocycles. The number of piperidine rings is 1. The summed E-state index contributed by atoms with van der Waals surface area (Å²) in [5, 5.41) is 0. The molecule has 124 valence electrons. The lowest BCUT2D eigenvalue weighted by Gasteiger charge is -2.28. The van der Waals surface area contributed by atoms with Gasteiger partial charge in [-0.3, -0.25) is 0 Å². The molecule has 1 aliphatic heterocycles. The highest BCUT2D eigenvalue weighted by Gasteiger charge is 2.19. The SMILES string of the molecule is Cc1nc(N2CCCCC2)c2[nH]c(-c3cc(F)ccc3F)cc2n1. The van der Waals surface area contributed by atoms with Crippen LogP contribution in [0.3, 0.4) is 0 Å². The molecule has 4 nitrogen and oxygen atoms in total. The summed E-state index contributed by atoms with van der Waals surface area (Å²) in [5.41, 5.74) is 2.22. The van der Waals surface area contributed by atoms with Crippen molar-refractivity contribution in [2.45, 2.75) is 26.2 Å². The second-order valence-corrected chi connectivity index (χ2v) is 6.21. The van der Waals surface area contributed by atoms with E-state index in [9.17, 15) is 8.78 Å². The molecule has 6 heteroatoms. The Bertz CT molecular complexity index is 897. The lowest BCUT2D eigenvalue weighted by Crippen LogP contribution is -2.30. The predicted octanol–water partition coefficient (Wildman–Crippen LogP) is 4.20. The van der Waals surface area contributed by atoms with Gasteiger partial charge in [-0.05, 0) is 50.5 Å². The summed E-state index contributed by atoms with van der Waals surface area (Å²) in [4.78, 5) is 14.5. The molecule has 0 aliphatic carbocycles. The highest BCUT2D eigenvalue weighted by atomic mass is 19.1. The summed E-state index contributed by atoms with van der Waals surface area (Å²) < 4.78 is 27.6. The van der Waals surface area contributed by atoms with Crippen molar-refractivity contribution in [1.29, 1.82) is 0 Å². The van der Waals surface area contributed by atoms with Gasteiger partial charge in [-0.15, -0.1) is 0 Å². The van der Waals surface area contributed by atoms with Gasteiger partial charge in [0.05, 0.1) is 11.2 Å². The van der Waals surface area contributed by atoms with Gasteiger partial charge in [-0.1, -0.05) is 0 Å². The summed E-state index contributed by atoms with van der Waals surface area (Å²) in [6.45, 7) is 3.75. The number of nitrogens with one attached hydrogen (secondary N) is 1. The monoisotopic (exact) mass is 328 g/mol. The van der Waals surface area contributed by atoms with Crippen LogP contribution < -0.4 is 4.90 Å². The van der Waals surface area contributed by atoms with E-state index in [1.807, 2.05) is 6.92 Å². The molecule has 0 radical (unpaired) electrons. The molecule has 24 heavy (non-hydrogen) atoms. The van der Waals surface area contributed by atoms with Crippen LogP contribution in [-0.4, -0.2) is 28.0 Å².